The lowest BCUT2D eigenvalue weighted by Crippen LogP contribution is -2.10. The van der Waals surface area contributed by atoms with Gasteiger partial charge in [-0.15, -0.1) is 0 Å². The van der Waals surface area contributed by atoms with Crippen LogP contribution in [0.1, 0.15) is 16.7 Å². The zero-order chi connectivity index (χ0) is 19.3. The molecule has 0 saturated heterocycles. The molecule has 1 N–H and O–H groups in total. The Balaban J connectivity index is 1.92. The molecule has 0 spiro atoms. The minimum atomic E-state index is -0.855. The van der Waals surface area contributed by atoms with Gasteiger partial charge < -0.3 is 9.84 Å². The molecule has 0 bridgehead atoms. The maximum absolute atomic E-state index is 11.6. The van der Waals surface area contributed by atoms with Crippen LogP contribution in [0.2, 0.25) is 0 Å². The average Bonchev–Trinajstić information content (AvgIpc) is 2.70. The molecule has 5 nitrogen and oxygen atoms in total. The van der Waals surface area contributed by atoms with Crippen LogP contribution in [0.25, 0.3) is 32.9 Å². The van der Waals surface area contributed by atoms with Gasteiger partial charge in [0.05, 0.1) is 24.1 Å². The van der Waals surface area contributed by atoms with E-state index in [2.05, 4.69) is 9.97 Å². The van der Waals surface area contributed by atoms with E-state index in [0.29, 0.717) is 6.61 Å². The summed E-state index contributed by atoms with van der Waals surface area (Å²) in [6.45, 7) is 2.60. The molecular formula is C23H18N2O3. The topological polar surface area (TPSA) is 72.3 Å². The van der Waals surface area contributed by atoms with Crippen LogP contribution in [0.4, 0.5) is 0 Å². The smallest absolute Gasteiger partial charge is 0.307 e. The normalized spacial score (nSPS) is 12.9. The van der Waals surface area contributed by atoms with Crippen LogP contribution in [-0.4, -0.2) is 27.7 Å². The molecule has 0 aliphatic carbocycles. The van der Waals surface area contributed by atoms with Crippen LogP contribution in [0.15, 0.2) is 48.8 Å². The highest BCUT2D eigenvalue weighted by Gasteiger charge is 2.22. The Morgan fingerprint density at radius 3 is 2.93 bits per heavy atom. The SMILES string of the molecule is Cc1cc2ncccc2c(-c2ccc3c4c(ccnc24)CCO3)c1CC(=O)O. The number of nitrogens with zero attached hydrogens (tertiary/aromatic N) is 2. The van der Waals surface area contributed by atoms with Crippen LogP contribution >= 0.6 is 0 Å². The second kappa shape index (κ2) is 6.30. The summed E-state index contributed by atoms with van der Waals surface area (Å²) in [6.07, 6.45) is 4.37. The third-order valence-electron chi connectivity index (χ3n) is 5.41. The van der Waals surface area contributed by atoms with E-state index in [-0.39, 0.29) is 6.42 Å². The molecule has 4 aromatic rings. The van der Waals surface area contributed by atoms with Crippen molar-refractivity contribution in [1.29, 1.82) is 0 Å². The van der Waals surface area contributed by atoms with Gasteiger partial charge >= 0.3 is 5.97 Å². The summed E-state index contributed by atoms with van der Waals surface area (Å²) in [5, 5.41) is 11.5. The van der Waals surface area contributed by atoms with Crippen molar-refractivity contribution >= 4 is 27.8 Å². The first-order valence-corrected chi connectivity index (χ1v) is 9.26. The lowest BCUT2D eigenvalue weighted by Gasteiger charge is -2.21. The number of carbonyl (C=O) groups is 1. The molecule has 1 aliphatic rings. The molecule has 0 unspecified atom stereocenters. The zero-order valence-electron chi connectivity index (χ0n) is 15.4. The Kier molecular flexibility index (Phi) is 3.76. The molecule has 5 heteroatoms. The Morgan fingerprint density at radius 1 is 1.18 bits per heavy atom. The summed E-state index contributed by atoms with van der Waals surface area (Å²) in [4.78, 5) is 20.8. The minimum Gasteiger partial charge on any atom is -0.493 e. The Labute approximate surface area is 161 Å². The van der Waals surface area contributed by atoms with E-state index in [9.17, 15) is 9.90 Å². The average molecular weight is 370 g/mol. The summed E-state index contributed by atoms with van der Waals surface area (Å²) >= 11 is 0. The fraction of sp³-hybridized carbons (Fsp3) is 0.174. The number of hydrogen-bond acceptors (Lipinski definition) is 4. The molecule has 2 aromatic heterocycles. The van der Waals surface area contributed by atoms with E-state index < -0.39 is 5.97 Å². The van der Waals surface area contributed by atoms with Gasteiger partial charge in [-0.2, -0.15) is 0 Å². The van der Waals surface area contributed by atoms with Crippen molar-refractivity contribution in [2.24, 2.45) is 0 Å². The van der Waals surface area contributed by atoms with Crippen molar-refractivity contribution in [3.63, 3.8) is 0 Å². The van der Waals surface area contributed by atoms with Crippen LogP contribution in [0.3, 0.4) is 0 Å². The quantitative estimate of drug-likeness (QED) is 0.581. The Morgan fingerprint density at radius 2 is 2.07 bits per heavy atom. The van der Waals surface area contributed by atoms with E-state index in [4.69, 9.17) is 4.74 Å². The molecule has 0 amide bonds. The number of rotatable bonds is 3. The molecule has 28 heavy (non-hydrogen) atoms. The van der Waals surface area contributed by atoms with Gasteiger partial charge in [-0.3, -0.25) is 14.8 Å². The number of fused-ring (bicyclic) bond motifs is 1. The standard InChI is InChI=1S/C23H18N2O3/c1-13-11-18-15(3-2-8-24-18)22(17(13)12-20(26)27)16-4-5-19-21-14(7-10-28-19)6-9-25-23(16)21/h2-6,8-9,11H,7,10,12H2,1H3,(H,26,27). The number of pyridine rings is 2. The van der Waals surface area contributed by atoms with E-state index in [1.165, 1.54) is 5.56 Å². The van der Waals surface area contributed by atoms with E-state index in [1.807, 2.05) is 49.5 Å². The van der Waals surface area contributed by atoms with Gasteiger partial charge in [-0.1, -0.05) is 6.07 Å². The molecule has 2 aromatic carbocycles. The number of hydrogen-bond donors (Lipinski definition) is 1. The number of carboxylic acid groups (broad SMARTS) is 1. The minimum absolute atomic E-state index is 0.0502. The first-order valence-electron chi connectivity index (χ1n) is 9.26. The molecular weight excluding hydrogens is 352 g/mol. The summed E-state index contributed by atoms with van der Waals surface area (Å²) in [7, 11) is 0. The summed E-state index contributed by atoms with van der Waals surface area (Å²) in [6, 6.07) is 11.8. The van der Waals surface area contributed by atoms with Crippen LogP contribution < -0.4 is 4.74 Å². The predicted molar refractivity (Wildman–Crippen MR) is 108 cm³/mol. The lowest BCUT2D eigenvalue weighted by atomic mass is 9.88. The second-order valence-corrected chi connectivity index (χ2v) is 7.09. The van der Waals surface area contributed by atoms with E-state index in [1.54, 1.807) is 6.20 Å². The maximum atomic E-state index is 11.6. The van der Waals surface area contributed by atoms with Crippen LogP contribution in [0, 0.1) is 6.92 Å². The molecule has 138 valence electrons. The monoisotopic (exact) mass is 370 g/mol. The van der Waals surface area contributed by atoms with Gasteiger partial charge in [0, 0.05) is 35.2 Å². The number of aliphatic carboxylic acids is 1. The number of carboxylic acids is 1. The molecule has 0 saturated carbocycles. The van der Waals surface area contributed by atoms with Crippen molar-refractivity contribution < 1.29 is 14.6 Å². The van der Waals surface area contributed by atoms with Crippen molar-refractivity contribution in [1.82, 2.24) is 9.97 Å². The first-order chi connectivity index (χ1) is 13.6. The first kappa shape index (κ1) is 16.7. The van der Waals surface area contributed by atoms with Gasteiger partial charge in [0.1, 0.15) is 5.75 Å². The fourth-order valence-electron chi connectivity index (χ4n) is 4.19. The maximum Gasteiger partial charge on any atom is 0.307 e. The van der Waals surface area contributed by atoms with Gasteiger partial charge in [-0.05, 0) is 59.5 Å². The molecule has 0 atom stereocenters. The zero-order valence-corrected chi connectivity index (χ0v) is 15.4. The second-order valence-electron chi connectivity index (χ2n) is 7.09. The summed E-state index contributed by atoms with van der Waals surface area (Å²) in [5.74, 6) is -0.0189. The van der Waals surface area contributed by atoms with Crippen molar-refractivity contribution in [2.75, 3.05) is 6.61 Å². The summed E-state index contributed by atoms with van der Waals surface area (Å²) in [5.41, 5.74) is 6.44. The van der Waals surface area contributed by atoms with Gasteiger partial charge in [0.25, 0.3) is 0 Å². The molecule has 3 heterocycles. The number of aromatic nitrogens is 2. The van der Waals surface area contributed by atoms with Crippen molar-refractivity contribution in [2.45, 2.75) is 19.8 Å². The fourth-order valence-corrected chi connectivity index (χ4v) is 4.19. The summed E-state index contributed by atoms with van der Waals surface area (Å²) < 4.78 is 5.85. The largest absolute Gasteiger partial charge is 0.493 e. The molecule has 1 aliphatic heterocycles. The highest BCUT2D eigenvalue weighted by Crippen LogP contribution is 2.41. The number of aryl methyl sites for hydroxylation is 1. The Bertz CT molecular complexity index is 1250. The molecule has 5 rings (SSSR count). The molecule has 0 fully saturated rings. The van der Waals surface area contributed by atoms with Gasteiger partial charge in [-0.25, -0.2) is 0 Å². The highest BCUT2D eigenvalue weighted by atomic mass is 16.5. The van der Waals surface area contributed by atoms with Gasteiger partial charge in [0.2, 0.25) is 0 Å². The molecule has 0 radical (unpaired) electrons. The number of ether oxygens (including phenoxy) is 1. The van der Waals surface area contributed by atoms with Crippen molar-refractivity contribution in [3.8, 4) is 16.9 Å². The third-order valence-corrected chi connectivity index (χ3v) is 5.41. The Hall–Kier alpha value is -3.47. The third kappa shape index (κ3) is 2.51. The predicted octanol–water partition coefficient (Wildman–Crippen LogP) is 4.32. The van der Waals surface area contributed by atoms with E-state index >= 15 is 0 Å². The highest BCUT2D eigenvalue weighted by molar-refractivity contribution is 6.07. The van der Waals surface area contributed by atoms with E-state index in [0.717, 1.165) is 56.2 Å². The van der Waals surface area contributed by atoms with Crippen LogP contribution in [-0.2, 0) is 17.6 Å². The number of benzene rings is 2. The van der Waals surface area contributed by atoms with Crippen molar-refractivity contribution in [3.05, 3.63) is 65.5 Å². The van der Waals surface area contributed by atoms with Crippen LogP contribution in [0.5, 0.6) is 5.75 Å². The lowest BCUT2D eigenvalue weighted by molar-refractivity contribution is -0.136. The van der Waals surface area contributed by atoms with Gasteiger partial charge in [0.15, 0.2) is 0 Å².